The summed E-state index contributed by atoms with van der Waals surface area (Å²) in [5.41, 5.74) is 0. The van der Waals surface area contributed by atoms with Crippen molar-refractivity contribution in [3.05, 3.63) is 0 Å². The van der Waals surface area contributed by atoms with Crippen molar-refractivity contribution in [3.63, 3.8) is 0 Å². The highest BCUT2D eigenvalue weighted by molar-refractivity contribution is 5.81. The Kier molecular flexibility index (Phi) is 6.67. The van der Waals surface area contributed by atoms with Crippen molar-refractivity contribution in [3.8, 4) is 0 Å². The van der Waals surface area contributed by atoms with Gasteiger partial charge < -0.3 is 24.6 Å². The molecule has 3 fully saturated rings. The van der Waals surface area contributed by atoms with E-state index in [-0.39, 0.29) is 24.0 Å². The second-order valence-corrected chi connectivity index (χ2v) is 7.31. The first kappa shape index (κ1) is 18.6. The molecule has 7 nitrogen and oxygen atoms in total. The van der Waals surface area contributed by atoms with Gasteiger partial charge in [-0.3, -0.25) is 9.59 Å². The fraction of sp³-hybridized carbons (Fsp3) is 0.889. The van der Waals surface area contributed by atoms with Crippen molar-refractivity contribution in [1.82, 2.24) is 15.1 Å². The van der Waals surface area contributed by atoms with Crippen LogP contribution in [0.1, 0.15) is 39.0 Å². The van der Waals surface area contributed by atoms with Gasteiger partial charge in [0.05, 0.1) is 19.3 Å². The molecule has 0 spiro atoms. The maximum Gasteiger partial charge on any atom is 0.251 e. The van der Waals surface area contributed by atoms with Gasteiger partial charge in [0.1, 0.15) is 6.10 Å². The van der Waals surface area contributed by atoms with E-state index in [0.29, 0.717) is 19.7 Å². The van der Waals surface area contributed by atoms with E-state index < -0.39 is 6.10 Å². The lowest BCUT2D eigenvalue weighted by Crippen LogP contribution is -2.58. The summed E-state index contributed by atoms with van der Waals surface area (Å²) in [6, 6.07) is 0.140. The zero-order valence-electron chi connectivity index (χ0n) is 15.2. The Morgan fingerprint density at radius 2 is 2.20 bits per heavy atom. The van der Waals surface area contributed by atoms with Crippen LogP contribution in [0.5, 0.6) is 0 Å². The number of likely N-dealkylation sites (tertiary alicyclic amines) is 1. The van der Waals surface area contributed by atoms with Gasteiger partial charge in [0, 0.05) is 38.8 Å². The number of ether oxygens (including phenoxy) is 2. The summed E-state index contributed by atoms with van der Waals surface area (Å²) < 4.78 is 11.5. The van der Waals surface area contributed by atoms with Crippen LogP contribution in [0.2, 0.25) is 0 Å². The molecule has 3 rings (SSSR count). The minimum Gasteiger partial charge on any atom is -0.376 e. The summed E-state index contributed by atoms with van der Waals surface area (Å²) in [6.45, 7) is 6.45. The molecule has 0 aromatic carbocycles. The second-order valence-electron chi connectivity index (χ2n) is 7.31. The van der Waals surface area contributed by atoms with E-state index >= 15 is 0 Å². The summed E-state index contributed by atoms with van der Waals surface area (Å²) in [6.07, 6.45) is 4.87. The van der Waals surface area contributed by atoms with E-state index in [1.165, 1.54) is 6.42 Å². The standard InChI is InChI=1S/C18H31N3O4/c1-14(25-13-16-6-2-3-10-24-16)18(23)20-8-4-5-15(12-20)21-9-7-19-11-17(21)22/h14-16,19H,2-13H2,1H3. The van der Waals surface area contributed by atoms with E-state index in [4.69, 9.17) is 9.47 Å². The highest BCUT2D eigenvalue weighted by Crippen LogP contribution is 2.19. The molecule has 7 heteroatoms. The molecular weight excluding hydrogens is 322 g/mol. The quantitative estimate of drug-likeness (QED) is 0.774. The molecule has 0 aliphatic carbocycles. The monoisotopic (exact) mass is 353 g/mol. The Labute approximate surface area is 150 Å². The third kappa shape index (κ3) is 4.92. The van der Waals surface area contributed by atoms with Crippen LogP contribution < -0.4 is 5.32 Å². The van der Waals surface area contributed by atoms with Crippen LogP contribution >= 0.6 is 0 Å². The molecule has 3 unspecified atom stereocenters. The lowest BCUT2D eigenvalue weighted by Gasteiger charge is -2.41. The smallest absolute Gasteiger partial charge is 0.251 e. The third-order valence-corrected chi connectivity index (χ3v) is 5.43. The number of hydrogen-bond acceptors (Lipinski definition) is 5. The van der Waals surface area contributed by atoms with E-state index in [1.54, 1.807) is 0 Å². The van der Waals surface area contributed by atoms with Crippen LogP contribution in [0, 0.1) is 0 Å². The first-order valence-corrected chi connectivity index (χ1v) is 9.67. The van der Waals surface area contributed by atoms with Crippen molar-refractivity contribution < 1.29 is 19.1 Å². The van der Waals surface area contributed by atoms with Crippen LogP contribution in [0.4, 0.5) is 0 Å². The number of piperidine rings is 1. The molecule has 3 atom stereocenters. The SMILES string of the molecule is CC(OCC1CCCCO1)C(=O)N1CCCC(N2CCNCC2=O)C1. The predicted octanol–water partition coefficient (Wildman–Crippen LogP) is 0.383. The van der Waals surface area contributed by atoms with E-state index in [9.17, 15) is 9.59 Å². The molecular formula is C18H31N3O4. The van der Waals surface area contributed by atoms with Crippen molar-refractivity contribution in [2.75, 3.05) is 45.9 Å². The van der Waals surface area contributed by atoms with Crippen LogP contribution in [-0.2, 0) is 19.1 Å². The van der Waals surface area contributed by atoms with E-state index in [1.807, 2.05) is 16.7 Å². The number of hydrogen-bond donors (Lipinski definition) is 1. The highest BCUT2D eigenvalue weighted by atomic mass is 16.5. The Bertz CT molecular complexity index is 467. The van der Waals surface area contributed by atoms with Gasteiger partial charge in [0.15, 0.2) is 0 Å². The van der Waals surface area contributed by atoms with E-state index in [0.717, 1.165) is 51.9 Å². The molecule has 0 aromatic heterocycles. The second kappa shape index (κ2) is 8.96. The lowest BCUT2D eigenvalue weighted by molar-refractivity contribution is -0.150. The summed E-state index contributed by atoms with van der Waals surface area (Å²) >= 11 is 0. The average molecular weight is 353 g/mol. The normalized spacial score (nSPS) is 29.6. The maximum atomic E-state index is 12.7. The topological polar surface area (TPSA) is 71.1 Å². The van der Waals surface area contributed by atoms with Crippen molar-refractivity contribution in [2.45, 2.75) is 57.3 Å². The highest BCUT2D eigenvalue weighted by Gasteiger charge is 2.33. The molecule has 3 aliphatic rings. The maximum absolute atomic E-state index is 12.7. The number of carbonyl (C=O) groups excluding carboxylic acids is 2. The van der Waals surface area contributed by atoms with Crippen molar-refractivity contribution >= 4 is 11.8 Å². The van der Waals surface area contributed by atoms with Crippen LogP contribution in [-0.4, -0.2) is 85.8 Å². The van der Waals surface area contributed by atoms with Crippen LogP contribution in [0.3, 0.4) is 0 Å². The van der Waals surface area contributed by atoms with Gasteiger partial charge in [-0.1, -0.05) is 0 Å². The minimum atomic E-state index is -0.456. The molecule has 0 saturated carbocycles. The average Bonchev–Trinajstić information content (AvgIpc) is 2.67. The summed E-state index contributed by atoms with van der Waals surface area (Å²) in [5, 5.41) is 3.10. The zero-order chi connectivity index (χ0) is 17.6. The lowest BCUT2D eigenvalue weighted by atomic mass is 10.0. The van der Waals surface area contributed by atoms with Gasteiger partial charge in [-0.25, -0.2) is 0 Å². The molecule has 3 aliphatic heterocycles. The van der Waals surface area contributed by atoms with Gasteiger partial charge in [0.25, 0.3) is 5.91 Å². The predicted molar refractivity (Wildman–Crippen MR) is 93.2 cm³/mol. The fourth-order valence-corrected chi connectivity index (χ4v) is 3.94. The molecule has 25 heavy (non-hydrogen) atoms. The number of carbonyl (C=O) groups is 2. The zero-order valence-corrected chi connectivity index (χ0v) is 15.2. The summed E-state index contributed by atoms with van der Waals surface area (Å²) in [4.78, 5) is 28.6. The Morgan fingerprint density at radius 3 is 2.96 bits per heavy atom. The van der Waals surface area contributed by atoms with Gasteiger partial charge in [0.2, 0.25) is 5.91 Å². The Balaban J connectivity index is 1.47. The number of amides is 2. The molecule has 3 saturated heterocycles. The fourth-order valence-electron chi connectivity index (χ4n) is 3.94. The molecule has 0 aromatic rings. The molecule has 3 heterocycles. The Hall–Kier alpha value is -1.18. The number of piperazine rings is 1. The summed E-state index contributed by atoms with van der Waals surface area (Å²) in [7, 11) is 0. The Morgan fingerprint density at radius 1 is 1.32 bits per heavy atom. The van der Waals surface area contributed by atoms with Gasteiger partial charge in [-0.2, -0.15) is 0 Å². The van der Waals surface area contributed by atoms with Crippen LogP contribution in [0.25, 0.3) is 0 Å². The third-order valence-electron chi connectivity index (χ3n) is 5.43. The molecule has 2 amide bonds. The summed E-state index contributed by atoms with van der Waals surface area (Å²) in [5.74, 6) is 0.174. The first-order valence-electron chi connectivity index (χ1n) is 9.67. The van der Waals surface area contributed by atoms with Gasteiger partial charge >= 0.3 is 0 Å². The van der Waals surface area contributed by atoms with Gasteiger partial charge in [-0.05, 0) is 39.0 Å². The number of rotatable bonds is 5. The molecule has 142 valence electrons. The van der Waals surface area contributed by atoms with Gasteiger partial charge in [-0.15, -0.1) is 0 Å². The van der Waals surface area contributed by atoms with E-state index in [2.05, 4.69) is 5.32 Å². The number of nitrogens with one attached hydrogen (secondary N) is 1. The largest absolute Gasteiger partial charge is 0.376 e. The molecule has 0 bridgehead atoms. The minimum absolute atomic E-state index is 0.0306. The van der Waals surface area contributed by atoms with Crippen LogP contribution in [0.15, 0.2) is 0 Å². The molecule has 0 radical (unpaired) electrons. The first-order chi connectivity index (χ1) is 12.1. The van der Waals surface area contributed by atoms with Crippen molar-refractivity contribution in [1.29, 1.82) is 0 Å². The number of nitrogens with zero attached hydrogens (tertiary/aromatic N) is 2. The van der Waals surface area contributed by atoms with Crippen molar-refractivity contribution in [2.24, 2.45) is 0 Å². The molecule has 1 N–H and O–H groups in total.